The highest BCUT2D eigenvalue weighted by Gasteiger charge is 2.18. The summed E-state index contributed by atoms with van der Waals surface area (Å²) in [6.07, 6.45) is 0.849. The van der Waals surface area contributed by atoms with E-state index in [-0.39, 0.29) is 6.79 Å². The molecule has 0 spiro atoms. The zero-order chi connectivity index (χ0) is 14.1. The second-order valence-electron chi connectivity index (χ2n) is 4.94. The molecule has 0 amide bonds. The maximum Gasteiger partial charge on any atom is 0.231 e. The van der Waals surface area contributed by atoms with E-state index in [0.29, 0.717) is 12.2 Å². The molecule has 0 saturated carbocycles. The second kappa shape index (κ2) is 5.17. The Hall–Kier alpha value is -2.01. The number of hydrogen-bond donors (Lipinski definition) is 1. The van der Waals surface area contributed by atoms with E-state index in [1.807, 2.05) is 36.0 Å². The van der Waals surface area contributed by atoms with Gasteiger partial charge in [0.05, 0.1) is 11.8 Å². The first-order valence-electron chi connectivity index (χ1n) is 6.76. The molecule has 0 saturated heterocycles. The average Bonchev–Trinajstić information content (AvgIpc) is 3.04. The summed E-state index contributed by atoms with van der Waals surface area (Å²) in [5, 5.41) is 14.8. The molecule has 1 aromatic carbocycles. The number of fused-ring (bicyclic) bond motifs is 1. The number of aliphatic hydroxyl groups is 1. The fourth-order valence-electron chi connectivity index (χ4n) is 2.37. The van der Waals surface area contributed by atoms with Gasteiger partial charge in [0.2, 0.25) is 6.79 Å². The Balaban J connectivity index is 1.78. The molecule has 0 radical (unpaired) electrons. The summed E-state index contributed by atoms with van der Waals surface area (Å²) in [4.78, 5) is 0. The van der Waals surface area contributed by atoms with Crippen LogP contribution in [0.3, 0.4) is 0 Å². The number of hydrogen-bond acceptors (Lipinski definition) is 4. The standard InChI is InChI=1S/C15H18N2O3/c1-3-11-7-12(17(2)16-11)8-13(18)10-4-5-14-15(6-10)20-9-19-14/h4-7,13,18H,3,8-9H2,1-2H3. The molecule has 2 aromatic rings. The molecule has 2 heterocycles. The fourth-order valence-corrected chi connectivity index (χ4v) is 2.37. The van der Waals surface area contributed by atoms with Crippen molar-refractivity contribution in [3.05, 3.63) is 41.2 Å². The van der Waals surface area contributed by atoms with Crippen molar-refractivity contribution in [2.24, 2.45) is 7.05 Å². The third-order valence-corrected chi connectivity index (χ3v) is 3.57. The minimum atomic E-state index is -0.579. The van der Waals surface area contributed by atoms with Gasteiger partial charge in [-0.1, -0.05) is 13.0 Å². The van der Waals surface area contributed by atoms with Crippen molar-refractivity contribution >= 4 is 0 Å². The van der Waals surface area contributed by atoms with E-state index in [4.69, 9.17) is 9.47 Å². The number of aliphatic hydroxyl groups excluding tert-OH is 1. The van der Waals surface area contributed by atoms with Crippen molar-refractivity contribution in [3.8, 4) is 11.5 Å². The third-order valence-electron chi connectivity index (χ3n) is 3.57. The number of aromatic nitrogens is 2. The zero-order valence-electron chi connectivity index (χ0n) is 11.7. The number of ether oxygens (including phenoxy) is 2. The molecule has 1 aliphatic heterocycles. The highest BCUT2D eigenvalue weighted by molar-refractivity contribution is 5.45. The van der Waals surface area contributed by atoms with Gasteiger partial charge >= 0.3 is 0 Å². The van der Waals surface area contributed by atoms with Gasteiger partial charge < -0.3 is 14.6 Å². The second-order valence-corrected chi connectivity index (χ2v) is 4.94. The maximum absolute atomic E-state index is 10.4. The maximum atomic E-state index is 10.4. The Kier molecular flexibility index (Phi) is 3.36. The first-order valence-corrected chi connectivity index (χ1v) is 6.76. The van der Waals surface area contributed by atoms with Crippen LogP contribution in [0.5, 0.6) is 11.5 Å². The van der Waals surface area contributed by atoms with Crippen LogP contribution in [0.25, 0.3) is 0 Å². The lowest BCUT2D eigenvalue weighted by Crippen LogP contribution is -2.06. The largest absolute Gasteiger partial charge is 0.454 e. The quantitative estimate of drug-likeness (QED) is 0.926. The van der Waals surface area contributed by atoms with Crippen LogP contribution in [0.4, 0.5) is 0 Å². The van der Waals surface area contributed by atoms with Gasteiger partial charge in [0.15, 0.2) is 11.5 Å². The van der Waals surface area contributed by atoms with E-state index in [2.05, 4.69) is 12.0 Å². The highest BCUT2D eigenvalue weighted by Crippen LogP contribution is 2.34. The predicted molar refractivity (Wildman–Crippen MR) is 73.8 cm³/mol. The van der Waals surface area contributed by atoms with Crippen LogP contribution >= 0.6 is 0 Å². The molecule has 1 aliphatic rings. The first-order chi connectivity index (χ1) is 9.67. The van der Waals surface area contributed by atoms with Crippen LogP contribution in [0.15, 0.2) is 24.3 Å². The molecule has 5 heteroatoms. The Labute approximate surface area is 117 Å². The van der Waals surface area contributed by atoms with E-state index in [1.165, 1.54) is 0 Å². The van der Waals surface area contributed by atoms with Crippen molar-refractivity contribution in [2.45, 2.75) is 25.9 Å². The average molecular weight is 274 g/mol. The molecular weight excluding hydrogens is 256 g/mol. The van der Waals surface area contributed by atoms with Gasteiger partial charge in [-0.25, -0.2) is 0 Å². The molecule has 1 unspecified atom stereocenters. The van der Waals surface area contributed by atoms with Gasteiger partial charge in [-0.2, -0.15) is 5.10 Å². The Morgan fingerprint density at radius 2 is 2.10 bits per heavy atom. The van der Waals surface area contributed by atoms with E-state index in [0.717, 1.165) is 29.1 Å². The van der Waals surface area contributed by atoms with E-state index in [9.17, 15) is 5.11 Å². The third kappa shape index (κ3) is 2.36. The summed E-state index contributed by atoms with van der Waals surface area (Å²) in [5.41, 5.74) is 2.89. The minimum Gasteiger partial charge on any atom is -0.454 e. The molecule has 3 rings (SSSR count). The van der Waals surface area contributed by atoms with Crippen LogP contribution in [-0.2, 0) is 19.9 Å². The number of nitrogens with zero attached hydrogens (tertiary/aromatic N) is 2. The molecule has 0 bridgehead atoms. The van der Waals surface area contributed by atoms with Gasteiger partial charge in [-0.15, -0.1) is 0 Å². The summed E-state index contributed by atoms with van der Waals surface area (Å²) in [7, 11) is 1.90. The molecular formula is C15H18N2O3. The molecule has 0 fully saturated rings. The van der Waals surface area contributed by atoms with Crippen molar-refractivity contribution in [1.29, 1.82) is 0 Å². The summed E-state index contributed by atoms with van der Waals surface area (Å²) in [6.45, 7) is 2.32. The molecule has 1 aromatic heterocycles. The van der Waals surface area contributed by atoms with Crippen LogP contribution < -0.4 is 9.47 Å². The van der Waals surface area contributed by atoms with Gasteiger partial charge in [0.1, 0.15) is 0 Å². The molecule has 1 atom stereocenters. The van der Waals surface area contributed by atoms with E-state index in [1.54, 1.807) is 0 Å². The lowest BCUT2D eigenvalue weighted by atomic mass is 10.0. The van der Waals surface area contributed by atoms with Crippen molar-refractivity contribution in [2.75, 3.05) is 6.79 Å². The summed E-state index contributed by atoms with van der Waals surface area (Å²) in [6, 6.07) is 7.58. The van der Waals surface area contributed by atoms with E-state index >= 15 is 0 Å². The number of benzene rings is 1. The lowest BCUT2D eigenvalue weighted by Gasteiger charge is -2.11. The van der Waals surface area contributed by atoms with Crippen LogP contribution in [0.1, 0.15) is 30.0 Å². The number of rotatable bonds is 4. The Bertz CT molecular complexity index is 622. The Morgan fingerprint density at radius 1 is 1.30 bits per heavy atom. The minimum absolute atomic E-state index is 0.247. The summed E-state index contributed by atoms with van der Waals surface area (Å²) < 4.78 is 12.4. The van der Waals surface area contributed by atoms with E-state index < -0.39 is 6.10 Å². The first kappa shape index (κ1) is 13.0. The van der Waals surface area contributed by atoms with Crippen LogP contribution in [-0.4, -0.2) is 21.7 Å². The fraction of sp³-hybridized carbons (Fsp3) is 0.400. The van der Waals surface area contributed by atoms with Crippen molar-refractivity contribution in [3.63, 3.8) is 0 Å². The van der Waals surface area contributed by atoms with Gasteiger partial charge in [-0.3, -0.25) is 4.68 Å². The van der Waals surface area contributed by atoms with Gasteiger partial charge in [0, 0.05) is 19.2 Å². The van der Waals surface area contributed by atoms with Crippen LogP contribution in [0.2, 0.25) is 0 Å². The Morgan fingerprint density at radius 3 is 2.85 bits per heavy atom. The predicted octanol–water partition coefficient (Wildman–Crippen LogP) is 1.99. The number of aryl methyl sites for hydroxylation is 2. The lowest BCUT2D eigenvalue weighted by molar-refractivity contribution is 0.170. The molecule has 1 N–H and O–H groups in total. The highest BCUT2D eigenvalue weighted by atomic mass is 16.7. The smallest absolute Gasteiger partial charge is 0.231 e. The normalized spacial score (nSPS) is 14.6. The molecule has 106 valence electrons. The van der Waals surface area contributed by atoms with Crippen molar-refractivity contribution < 1.29 is 14.6 Å². The molecule has 5 nitrogen and oxygen atoms in total. The summed E-state index contributed by atoms with van der Waals surface area (Å²) >= 11 is 0. The van der Waals surface area contributed by atoms with Crippen LogP contribution in [0, 0.1) is 0 Å². The zero-order valence-corrected chi connectivity index (χ0v) is 11.7. The monoisotopic (exact) mass is 274 g/mol. The molecule has 0 aliphatic carbocycles. The van der Waals surface area contributed by atoms with Crippen molar-refractivity contribution in [1.82, 2.24) is 9.78 Å². The summed E-state index contributed by atoms with van der Waals surface area (Å²) in [5.74, 6) is 1.43. The topological polar surface area (TPSA) is 56.5 Å². The van der Waals surface area contributed by atoms with Gasteiger partial charge in [0.25, 0.3) is 0 Å². The van der Waals surface area contributed by atoms with Gasteiger partial charge in [-0.05, 0) is 30.2 Å². The molecule has 20 heavy (non-hydrogen) atoms. The SMILES string of the molecule is CCc1cc(CC(O)c2ccc3c(c2)OCO3)n(C)n1.